The number of imide groups is 1. The van der Waals surface area contributed by atoms with Gasteiger partial charge in [-0.2, -0.15) is 0 Å². The molecule has 0 aromatic heterocycles. The van der Waals surface area contributed by atoms with E-state index >= 15 is 0 Å². The molecule has 1 atom stereocenters. The first-order valence-electron chi connectivity index (χ1n) is 7.57. The summed E-state index contributed by atoms with van der Waals surface area (Å²) in [6, 6.07) is 3.60. The Balaban J connectivity index is 2.43. The number of benzene rings is 1. The highest BCUT2D eigenvalue weighted by molar-refractivity contribution is 6.21. The molecule has 0 spiro atoms. The predicted octanol–water partition coefficient (Wildman–Crippen LogP) is 1.85. The summed E-state index contributed by atoms with van der Waals surface area (Å²) in [6.07, 6.45) is 4.00. The van der Waals surface area contributed by atoms with Crippen LogP contribution in [-0.4, -0.2) is 41.2 Å². The van der Waals surface area contributed by atoms with Gasteiger partial charge in [-0.05, 0) is 31.0 Å². The molecule has 1 aliphatic rings. The Morgan fingerprint density at radius 3 is 2.61 bits per heavy atom. The van der Waals surface area contributed by atoms with Crippen LogP contribution < -0.4 is 5.32 Å². The highest BCUT2D eigenvalue weighted by Gasteiger charge is 2.41. The topological polar surface area (TPSA) is 86.7 Å². The molecule has 6 heteroatoms. The fourth-order valence-electron chi connectivity index (χ4n) is 2.80. The van der Waals surface area contributed by atoms with Crippen molar-refractivity contribution in [2.45, 2.75) is 32.2 Å². The Morgan fingerprint density at radius 1 is 1.30 bits per heavy atom. The van der Waals surface area contributed by atoms with Crippen molar-refractivity contribution in [3.05, 3.63) is 41.1 Å². The Bertz CT molecular complexity index is 667. The first kappa shape index (κ1) is 16.7. The summed E-state index contributed by atoms with van der Waals surface area (Å²) < 4.78 is 0. The van der Waals surface area contributed by atoms with E-state index in [0.29, 0.717) is 6.42 Å². The summed E-state index contributed by atoms with van der Waals surface area (Å²) in [4.78, 5) is 37.2. The monoisotopic (exact) mass is 316 g/mol. The highest BCUT2D eigenvalue weighted by Crippen LogP contribution is 2.30. The van der Waals surface area contributed by atoms with Gasteiger partial charge in [-0.1, -0.05) is 13.0 Å². The molecule has 0 saturated heterocycles. The number of hydrogen-bond acceptors (Lipinski definition) is 5. The summed E-state index contributed by atoms with van der Waals surface area (Å²) in [5.41, 5.74) is 1.20. The maximum absolute atomic E-state index is 12.6. The fraction of sp³-hybridized carbons (Fsp3) is 0.353. The minimum atomic E-state index is -0.528. The Labute approximate surface area is 134 Å². The minimum absolute atomic E-state index is 0.0610. The lowest BCUT2D eigenvalue weighted by Gasteiger charge is -2.28. The summed E-state index contributed by atoms with van der Waals surface area (Å²) in [7, 11) is 1.72. The van der Waals surface area contributed by atoms with E-state index in [1.807, 2.05) is 13.0 Å². The number of nitrogens with one attached hydrogen (secondary N) is 1. The van der Waals surface area contributed by atoms with Gasteiger partial charge in [-0.15, -0.1) is 0 Å². The number of likely N-dealkylation sites (N-methyl/N-ethyl adjacent to an activating group) is 1. The quantitative estimate of drug-likeness (QED) is 0.592. The third kappa shape index (κ3) is 3.11. The van der Waals surface area contributed by atoms with Crippen LogP contribution in [0.4, 0.5) is 0 Å². The number of aldehydes is 1. The van der Waals surface area contributed by atoms with Gasteiger partial charge in [0.05, 0.1) is 17.2 Å². The summed E-state index contributed by atoms with van der Waals surface area (Å²) >= 11 is 0. The number of fused-ring (bicyclic) bond motifs is 1. The van der Waals surface area contributed by atoms with Gasteiger partial charge in [0.15, 0.2) is 0 Å². The number of phenols is 1. The van der Waals surface area contributed by atoms with E-state index in [-0.39, 0.29) is 23.3 Å². The lowest BCUT2D eigenvalue weighted by atomic mass is 10.1. The first-order chi connectivity index (χ1) is 11.0. The lowest BCUT2D eigenvalue weighted by molar-refractivity contribution is -0.108. The molecule has 2 amide bonds. The zero-order valence-corrected chi connectivity index (χ0v) is 13.2. The zero-order chi connectivity index (χ0) is 17.0. The van der Waals surface area contributed by atoms with E-state index in [4.69, 9.17) is 0 Å². The van der Waals surface area contributed by atoms with Crippen LogP contribution in [0.5, 0.6) is 5.75 Å². The number of aromatic hydroxyl groups is 1. The van der Waals surface area contributed by atoms with Crippen molar-refractivity contribution in [3.8, 4) is 5.75 Å². The van der Waals surface area contributed by atoms with Crippen molar-refractivity contribution >= 4 is 18.1 Å². The van der Waals surface area contributed by atoms with Gasteiger partial charge in [0, 0.05) is 19.2 Å². The molecule has 2 N–H and O–H groups in total. The van der Waals surface area contributed by atoms with Crippen molar-refractivity contribution in [1.82, 2.24) is 10.2 Å². The Kier molecular flexibility index (Phi) is 5.16. The van der Waals surface area contributed by atoms with E-state index in [1.54, 1.807) is 7.05 Å². The van der Waals surface area contributed by atoms with Gasteiger partial charge in [-0.25, -0.2) is 0 Å². The van der Waals surface area contributed by atoms with Gasteiger partial charge in [0.1, 0.15) is 12.0 Å². The summed E-state index contributed by atoms with van der Waals surface area (Å²) in [5.74, 6) is -0.915. The average molecular weight is 316 g/mol. The van der Waals surface area contributed by atoms with Crippen LogP contribution in [0.1, 0.15) is 46.9 Å². The van der Waals surface area contributed by atoms with Crippen molar-refractivity contribution < 1.29 is 19.5 Å². The molecule has 0 saturated carbocycles. The third-order valence-electron chi connectivity index (χ3n) is 3.84. The standard InChI is InChI=1S/C17H20N2O4/c1-3-5-14(18-2)15(6-4-9-20)19-16(22)12-8-7-11(21)10-13(12)17(19)23/h5,7-10,15,18,21H,3-4,6H2,1-2H3/b14-5+. The number of amides is 2. The van der Waals surface area contributed by atoms with E-state index < -0.39 is 17.9 Å². The van der Waals surface area contributed by atoms with E-state index in [0.717, 1.165) is 18.4 Å². The maximum Gasteiger partial charge on any atom is 0.262 e. The number of nitrogens with zero attached hydrogens (tertiary/aromatic N) is 1. The van der Waals surface area contributed by atoms with Crippen LogP contribution in [0.25, 0.3) is 0 Å². The summed E-state index contributed by atoms with van der Waals surface area (Å²) in [5, 5.41) is 12.6. The smallest absolute Gasteiger partial charge is 0.262 e. The molecular weight excluding hydrogens is 296 g/mol. The van der Waals surface area contributed by atoms with Gasteiger partial charge >= 0.3 is 0 Å². The lowest BCUT2D eigenvalue weighted by Crippen LogP contribution is -2.43. The van der Waals surface area contributed by atoms with E-state index in [1.165, 1.54) is 23.1 Å². The fourth-order valence-corrected chi connectivity index (χ4v) is 2.80. The number of phenolic OH excluding ortho intramolecular Hbond substituents is 1. The zero-order valence-electron chi connectivity index (χ0n) is 13.2. The molecule has 122 valence electrons. The molecule has 0 radical (unpaired) electrons. The van der Waals surface area contributed by atoms with Crippen molar-refractivity contribution in [2.24, 2.45) is 0 Å². The normalized spacial score (nSPS) is 15.6. The SMILES string of the molecule is CC/C=C(/NC)C(CCC=O)N1C(=O)c2ccc(O)cc2C1=O. The average Bonchev–Trinajstić information content (AvgIpc) is 2.78. The molecule has 0 bridgehead atoms. The Morgan fingerprint density at radius 2 is 2.00 bits per heavy atom. The van der Waals surface area contributed by atoms with Crippen molar-refractivity contribution in [1.29, 1.82) is 0 Å². The molecule has 23 heavy (non-hydrogen) atoms. The molecule has 1 aromatic rings. The molecule has 2 rings (SSSR count). The van der Waals surface area contributed by atoms with Crippen molar-refractivity contribution in [3.63, 3.8) is 0 Å². The molecule has 0 aliphatic carbocycles. The number of carbonyl (C=O) groups excluding carboxylic acids is 3. The number of carbonyl (C=O) groups is 3. The molecule has 1 heterocycles. The second-order valence-corrected chi connectivity index (χ2v) is 5.29. The molecular formula is C17H20N2O4. The third-order valence-corrected chi connectivity index (χ3v) is 3.84. The molecule has 1 aromatic carbocycles. The van der Waals surface area contributed by atoms with Crippen LogP contribution >= 0.6 is 0 Å². The second-order valence-electron chi connectivity index (χ2n) is 5.29. The number of hydrogen-bond donors (Lipinski definition) is 2. The van der Waals surface area contributed by atoms with Gasteiger partial charge < -0.3 is 15.2 Å². The Hall–Kier alpha value is -2.63. The van der Waals surface area contributed by atoms with Gasteiger partial charge in [0.2, 0.25) is 0 Å². The molecule has 6 nitrogen and oxygen atoms in total. The van der Waals surface area contributed by atoms with Crippen LogP contribution in [-0.2, 0) is 4.79 Å². The van der Waals surface area contributed by atoms with Gasteiger partial charge in [-0.3, -0.25) is 14.5 Å². The first-order valence-corrected chi connectivity index (χ1v) is 7.57. The predicted molar refractivity (Wildman–Crippen MR) is 85.1 cm³/mol. The molecule has 1 unspecified atom stereocenters. The van der Waals surface area contributed by atoms with E-state index in [9.17, 15) is 19.5 Å². The second kappa shape index (κ2) is 7.09. The molecule has 1 aliphatic heterocycles. The van der Waals surface area contributed by atoms with Crippen LogP contribution in [0, 0.1) is 0 Å². The summed E-state index contributed by atoms with van der Waals surface area (Å²) in [6.45, 7) is 1.95. The maximum atomic E-state index is 12.6. The van der Waals surface area contributed by atoms with Crippen LogP contribution in [0.3, 0.4) is 0 Å². The van der Waals surface area contributed by atoms with Crippen molar-refractivity contribution in [2.75, 3.05) is 7.05 Å². The minimum Gasteiger partial charge on any atom is -0.508 e. The van der Waals surface area contributed by atoms with E-state index in [2.05, 4.69) is 5.32 Å². The van der Waals surface area contributed by atoms with Crippen LogP contribution in [0.15, 0.2) is 30.0 Å². The number of rotatable bonds is 7. The highest BCUT2D eigenvalue weighted by atomic mass is 16.3. The van der Waals surface area contributed by atoms with Crippen LogP contribution in [0.2, 0.25) is 0 Å². The molecule has 0 fully saturated rings. The largest absolute Gasteiger partial charge is 0.508 e. The van der Waals surface area contributed by atoms with Gasteiger partial charge in [0.25, 0.3) is 11.8 Å². The number of allylic oxidation sites excluding steroid dienone is 1.